The molecule has 0 saturated heterocycles. The molecule has 0 amide bonds. The van der Waals surface area contributed by atoms with E-state index in [-0.39, 0.29) is 17.9 Å². The lowest BCUT2D eigenvalue weighted by atomic mass is 10.1. The average molecular weight is 327 g/mol. The van der Waals surface area contributed by atoms with Crippen molar-refractivity contribution in [2.45, 2.75) is 32.9 Å². The minimum absolute atomic E-state index is 0.237. The molecule has 0 aliphatic heterocycles. The van der Waals surface area contributed by atoms with Gasteiger partial charge in [0.05, 0.1) is 11.0 Å². The van der Waals surface area contributed by atoms with Gasteiger partial charge in [0.1, 0.15) is 11.6 Å². The first-order chi connectivity index (χ1) is 8.86. The molecule has 4 nitrogen and oxygen atoms in total. The zero-order valence-corrected chi connectivity index (χ0v) is 12.7. The predicted octanol–water partition coefficient (Wildman–Crippen LogP) is 3.06. The number of hydrogen-bond acceptors (Lipinski definition) is 3. The van der Waals surface area contributed by atoms with E-state index < -0.39 is 0 Å². The molecule has 0 radical (unpaired) electrons. The van der Waals surface area contributed by atoms with Crippen molar-refractivity contribution in [1.29, 1.82) is 0 Å². The highest BCUT2D eigenvalue weighted by Crippen LogP contribution is 2.32. The minimum Gasteiger partial charge on any atom is -0.324 e. The highest BCUT2D eigenvalue weighted by molar-refractivity contribution is 9.10. The van der Waals surface area contributed by atoms with Gasteiger partial charge in [0.15, 0.2) is 5.82 Å². The lowest BCUT2D eigenvalue weighted by molar-refractivity contribution is 0.386. The third-order valence-corrected chi connectivity index (χ3v) is 3.58. The number of aromatic nitrogens is 3. The van der Waals surface area contributed by atoms with E-state index in [2.05, 4.69) is 26.1 Å². The van der Waals surface area contributed by atoms with Gasteiger partial charge < -0.3 is 10.3 Å². The van der Waals surface area contributed by atoms with Crippen molar-refractivity contribution in [2.75, 3.05) is 0 Å². The van der Waals surface area contributed by atoms with Crippen molar-refractivity contribution < 1.29 is 4.39 Å². The van der Waals surface area contributed by atoms with E-state index in [0.29, 0.717) is 21.7 Å². The SMILES string of the molecule is CC(C)(C)n1c(CN)nnc1-c1cccc(F)c1Br. The lowest BCUT2D eigenvalue weighted by Crippen LogP contribution is -2.26. The van der Waals surface area contributed by atoms with E-state index in [1.165, 1.54) is 6.07 Å². The first-order valence-electron chi connectivity index (χ1n) is 5.95. The van der Waals surface area contributed by atoms with E-state index in [1.54, 1.807) is 12.1 Å². The molecule has 2 N–H and O–H groups in total. The quantitative estimate of drug-likeness (QED) is 0.922. The zero-order chi connectivity index (χ0) is 14.2. The summed E-state index contributed by atoms with van der Waals surface area (Å²) >= 11 is 3.26. The highest BCUT2D eigenvalue weighted by Gasteiger charge is 2.24. The summed E-state index contributed by atoms with van der Waals surface area (Å²) in [6.45, 7) is 6.39. The van der Waals surface area contributed by atoms with Gasteiger partial charge in [-0.1, -0.05) is 6.07 Å². The second-order valence-corrected chi connectivity index (χ2v) is 6.04. The van der Waals surface area contributed by atoms with Crippen molar-refractivity contribution in [2.24, 2.45) is 5.73 Å². The first kappa shape index (κ1) is 14.1. The second kappa shape index (κ2) is 5.02. The molecule has 0 atom stereocenters. The van der Waals surface area contributed by atoms with Gasteiger partial charge in [-0.25, -0.2) is 4.39 Å². The Bertz CT molecular complexity index is 601. The molecule has 0 fully saturated rings. The van der Waals surface area contributed by atoms with Crippen LogP contribution in [0.3, 0.4) is 0 Å². The number of nitrogens with zero attached hydrogens (tertiary/aromatic N) is 3. The van der Waals surface area contributed by atoms with Crippen LogP contribution >= 0.6 is 15.9 Å². The normalized spacial score (nSPS) is 11.9. The van der Waals surface area contributed by atoms with Gasteiger partial charge >= 0.3 is 0 Å². The van der Waals surface area contributed by atoms with Gasteiger partial charge in [-0.2, -0.15) is 0 Å². The van der Waals surface area contributed by atoms with Crippen LogP contribution in [0.15, 0.2) is 22.7 Å². The Hall–Kier alpha value is -1.27. The molecule has 0 spiro atoms. The van der Waals surface area contributed by atoms with Gasteiger partial charge in [0.2, 0.25) is 0 Å². The highest BCUT2D eigenvalue weighted by atomic mass is 79.9. The van der Waals surface area contributed by atoms with E-state index in [4.69, 9.17) is 5.73 Å². The molecule has 2 aromatic rings. The van der Waals surface area contributed by atoms with Gasteiger partial charge in [-0.3, -0.25) is 0 Å². The largest absolute Gasteiger partial charge is 0.324 e. The summed E-state index contributed by atoms with van der Waals surface area (Å²) in [5.74, 6) is 0.966. The number of rotatable bonds is 2. The van der Waals surface area contributed by atoms with Crippen molar-refractivity contribution in [3.8, 4) is 11.4 Å². The molecule has 6 heteroatoms. The van der Waals surface area contributed by atoms with Crippen LogP contribution in [-0.2, 0) is 12.1 Å². The van der Waals surface area contributed by atoms with E-state index in [1.807, 2.05) is 25.3 Å². The molecule has 0 aliphatic carbocycles. The molecule has 1 aromatic heterocycles. The number of hydrogen-bond donors (Lipinski definition) is 1. The maximum absolute atomic E-state index is 13.7. The van der Waals surface area contributed by atoms with E-state index >= 15 is 0 Å². The molecule has 0 bridgehead atoms. The van der Waals surface area contributed by atoms with Gasteiger partial charge in [-0.05, 0) is 48.8 Å². The zero-order valence-electron chi connectivity index (χ0n) is 11.1. The van der Waals surface area contributed by atoms with Crippen molar-refractivity contribution in [3.63, 3.8) is 0 Å². The van der Waals surface area contributed by atoms with Crippen LogP contribution in [0.2, 0.25) is 0 Å². The summed E-state index contributed by atoms with van der Waals surface area (Å²) < 4.78 is 16.0. The Morgan fingerprint density at radius 3 is 2.58 bits per heavy atom. The van der Waals surface area contributed by atoms with Gasteiger partial charge in [0, 0.05) is 11.1 Å². The van der Waals surface area contributed by atoms with Crippen molar-refractivity contribution in [1.82, 2.24) is 14.8 Å². The molecule has 1 heterocycles. The standard InChI is InChI=1S/C13H16BrFN4/c1-13(2,3)19-10(7-16)17-18-12(19)8-5-4-6-9(15)11(8)14/h4-6H,7,16H2,1-3H3. The molecule has 0 unspecified atom stereocenters. The first-order valence-corrected chi connectivity index (χ1v) is 6.74. The molecule has 2 rings (SSSR count). The molecule has 102 valence electrons. The Kier molecular flexibility index (Phi) is 3.73. The maximum Gasteiger partial charge on any atom is 0.165 e. The fourth-order valence-electron chi connectivity index (χ4n) is 2.00. The minimum atomic E-state index is -0.324. The van der Waals surface area contributed by atoms with Gasteiger partial charge in [-0.15, -0.1) is 10.2 Å². The third kappa shape index (κ3) is 2.55. The number of halogens is 2. The molecular weight excluding hydrogens is 311 g/mol. The summed E-state index contributed by atoms with van der Waals surface area (Å²) in [4.78, 5) is 0. The van der Waals surface area contributed by atoms with Gasteiger partial charge in [0.25, 0.3) is 0 Å². The summed E-state index contributed by atoms with van der Waals surface area (Å²) in [5, 5.41) is 8.25. The second-order valence-electron chi connectivity index (χ2n) is 5.25. The molecule has 1 aromatic carbocycles. The maximum atomic E-state index is 13.7. The Labute approximate surface area is 120 Å². The monoisotopic (exact) mass is 326 g/mol. The fraction of sp³-hybridized carbons (Fsp3) is 0.385. The van der Waals surface area contributed by atoms with Crippen molar-refractivity contribution in [3.05, 3.63) is 34.3 Å². The molecular formula is C13H16BrFN4. The Morgan fingerprint density at radius 2 is 2.00 bits per heavy atom. The summed E-state index contributed by atoms with van der Waals surface area (Å²) in [6.07, 6.45) is 0. The lowest BCUT2D eigenvalue weighted by Gasteiger charge is -2.25. The molecule has 19 heavy (non-hydrogen) atoms. The molecule has 0 saturated carbocycles. The summed E-state index contributed by atoms with van der Waals surface area (Å²) in [5.41, 5.74) is 6.13. The predicted molar refractivity (Wildman–Crippen MR) is 76.0 cm³/mol. The number of nitrogens with two attached hydrogens (primary N) is 1. The van der Waals surface area contributed by atoms with E-state index in [0.717, 1.165) is 0 Å². The van der Waals surface area contributed by atoms with Crippen molar-refractivity contribution >= 4 is 15.9 Å². The topological polar surface area (TPSA) is 56.7 Å². The average Bonchev–Trinajstić information content (AvgIpc) is 2.76. The van der Waals surface area contributed by atoms with Crippen LogP contribution in [0.4, 0.5) is 4.39 Å². The molecule has 0 aliphatic rings. The van der Waals surface area contributed by atoms with Crippen LogP contribution in [0.25, 0.3) is 11.4 Å². The van der Waals surface area contributed by atoms with Crippen LogP contribution in [0, 0.1) is 5.82 Å². The summed E-state index contributed by atoms with van der Waals surface area (Å²) in [7, 11) is 0. The van der Waals surface area contributed by atoms with Crippen LogP contribution < -0.4 is 5.73 Å². The van der Waals surface area contributed by atoms with E-state index in [9.17, 15) is 4.39 Å². The van der Waals surface area contributed by atoms with Crippen LogP contribution in [0.5, 0.6) is 0 Å². The smallest absolute Gasteiger partial charge is 0.165 e. The third-order valence-electron chi connectivity index (χ3n) is 2.78. The Morgan fingerprint density at radius 1 is 1.32 bits per heavy atom. The fourth-order valence-corrected chi connectivity index (χ4v) is 2.45. The Balaban J connectivity index is 2.70. The van der Waals surface area contributed by atoms with Crippen LogP contribution in [-0.4, -0.2) is 14.8 Å². The summed E-state index contributed by atoms with van der Waals surface area (Å²) in [6, 6.07) is 4.86. The van der Waals surface area contributed by atoms with Crippen LogP contribution in [0.1, 0.15) is 26.6 Å². The number of benzene rings is 1.